The number of nitrogens with zero attached hydrogens (tertiary/aromatic N) is 2. The van der Waals surface area contributed by atoms with Gasteiger partial charge < -0.3 is 9.47 Å². The summed E-state index contributed by atoms with van der Waals surface area (Å²) in [5.41, 5.74) is 6.58. The lowest BCUT2D eigenvalue weighted by Crippen LogP contribution is -2.31. The summed E-state index contributed by atoms with van der Waals surface area (Å²) in [5, 5.41) is 0. The molecule has 0 spiro atoms. The molecular weight excluding hydrogens is 392 g/mol. The Balaban J connectivity index is 1.52. The van der Waals surface area contributed by atoms with Gasteiger partial charge in [-0.2, -0.15) is 0 Å². The molecular formula is C29H28N2O. The molecule has 0 bridgehead atoms. The molecule has 3 nitrogen and oxygen atoms in total. The maximum Gasteiger partial charge on any atom is 0.254 e. The molecule has 4 aromatic rings. The average Bonchev–Trinajstić information content (AvgIpc) is 3.27. The number of rotatable bonds is 8. The van der Waals surface area contributed by atoms with Crippen LogP contribution in [0.15, 0.2) is 110 Å². The Morgan fingerprint density at radius 3 is 2.28 bits per heavy atom. The summed E-state index contributed by atoms with van der Waals surface area (Å²) in [7, 11) is 0. The van der Waals surface area contributed by atoms with Crippen LogP contribution in [-0.4, -0.2) is 21.9 Å². The lowest BCUT2D eigenvalue weighted by Gasteiger charge is -2.23. The van der Waals surface area contributed by atoms with Gasteiger partial charge in [0.1, 0.15) is 0 Å². The summed E-state index contributed by atoms with van der Waals surface area (Å²) >= 11 is 0. The van der Waals surface area contributed by atoms with Gasteiger partial charge in [0.05, 0.1) is 6.54 Å². The van der Waals surface area contributed by atoms with E-state index < -0.39 is 0 Å². The van der Waals surface area contributed by atoms with Crippen molar-refractivity contribution in [2.45, 2.75) is 20.0 Å². The molecule has 0 aliphatic heterocycles. The van der Waals surface area contributed by atoms with Crippen LogP contribution in [0.3, 0.4) is 0 Å². The van der Waals surface area contributed by atoms with Gasteiger partial charge in [0.2, 0.25) is 0 Å². The van der Waals surface area contributed by atoms with Gasteiger partial charge in [-0.15, -0.1) is 6.58 Å². The van der Waals surface area contributed by atoms with Crippen molar-refractivity contribution >= 4 is 5.91 Å². The van der Waals surface area contributed by atoms with E-state index in [1.165, 1.54) is 11.1 Å². The minimum Gasteiger partial charge on any atom is -0.345 e. The zero-order valence-corrected chi connectivity index (χ0v) is 18.4. The smallest absolute Gasteiger partial charge is 0.254 e. The van der Waals surface area contributed by atoms with Crippen LogP contribution >= 0.6 is 0 Å². The van der Waals surface area contributed by atoms with Crippen LogP contribution in [0.25, 0.3) is 11.1 Å². The summed E-state index contributed by atoms with van der Waals surface area (Å²) in [4.78, 5) is 15.1. The van der Waals surface area contributed by atoms with Crippen molar-refractivity contribution in [1.29, 1.82) is 0 Å². The quantitative estimate of drug-likeness (QED) is 0.305. The Kier molecular flexibility index (Phi) is 6.66. The molecule has 1 heterocycles. The Bertz CT molecular complexity index is 1190. The molecule has 3 heteroatoms. The number of hydrogen-bond donors (Lipinski definition) is 0. The lowest BCUT2D eigenvalue weighted by atomic mass is 10.0. The summed E-state index contributed by atoms with van der Waals surface area (Å²) in [6.45, 7) is 7.81. The summed E-state index contributed by atoms with van der Waals surface area (Å²) in [6.07, 6.45) is 3.86. The largest absolute Gasteiger partial charge is 0.345 e. The third kappa shape index (κ3) is 4.89. The fraction of sp³-hybridized carbons (Fsp3) is 0.138. The van der Waals surface area contributed by atoms with E-state index in [0.29, 0.717) is 18.7 Å². The van der Waals surface area contributed by atoms with Crippen molar-refractivity contribution in [2.24, 2.45) is 0 Å². The number of aryl methyl sites for hydroxylation is 1. The SMILES string of the molecule is C=CCN(Cc1cccn1Cc1ccccc1C)C(=O)c1ccc(-c2ccccc2)cc1. The minimum atomic E-state index is 0.00755. The molecule has 0 aliphatic carbocycles. The van der Waals surface area contributed by atoms with Crippen molar-refractivity contribution in [2.75, 3.05) is 6.54 Å². The maximum atomic E-state index is 13.3. The second kappa shape index (κ2) is 9.97. The molecule has 0 saturated heterocycles. The highest BCUT2D eigenvalue weighted by Gasteiger charge is 2.17. The normalized spacial score (nSPS) is 10.7. The molecule has 0 atom stereocenters. The van der Waals surface area contributed by atoms with Crippen LogP contribution in [0.4, 0.5) is 0 Å². The predicted octanol–water partition coefficient (Wildman–Crippen LogP) is 6.34. The van der Waals surface area contributed by atoms with Gasteiger partial charge in [-0.05, 0) is 53.4 Å². The number of carbonyl (C=O) groups is 1. The van der Waals surface area contributed by atoms with E-state index >= 15 is 0 Å². The van der Waals surface area contributed by atoms with Gasteiger partial charge >= 0.3 is 0 Å². The molecule has 1 aromatic heterocycles. The first-order chi connectivity index (χ1) is 15.7. The summed E-state index contributed by atoms with van der Waals surface area (Å²) < 4.78 is 2.21. The van der Waals surface area contributed by atoms with E-state index in [1.54, 1.807) is 6.08 Å². The van der Waals surface area contributed by atoms with Gasteiger partial charge in [0.15, 0.2) is 0 Å². The van der Waals surface area contributed by atoms with Gasteiger partial charge in [0.25, 0.3) is 5.91 Å². The fourth-order valence-corrected chi connectivity index (χ4v) is 3.91. The van der Waals surface area contributed by atoms with Crippen molar-refractivity contribution in [3.63, 3.8) is 0 Å². The molecule has 0 N–H and O–H groups in total. The second-order valence-corrected chi connectivity index (χ2v) is 7.97. The van der Waals surface area contributed by atoms with Crippen molar-refractivity contribution in [3.8, 4) is 11.1 Å². The topological polar surface area (TPSA) is 25.2 Å². The number of carbonyl (C=O) groups excluding carboxylic acids is 1. The molecule has 0 unspecified atom stereocenters. The van der Waals surface area contributed by atoms with Crippen molar-refractivity contribution < 1.29 is 4.79 Å². The Morgan fingerprint density at radius 1 is 0.875 bits per heavy atom. The highest BCUT2D eigenvalue weighted by atomic mass is 16.2. The third-order valence-corrected chi connectivity index (χ3v) is 5.75. The van der Waals surface area contributed by atoms with Crippen molar-refractivity contribution in [1.82, 2.24) is 9.47 Å². The predicted molar refractivity (Wildman–Crippen MR) is 132 cm³/mol. The van der Waals surface area contributed by atoms with Crippen LogP contribution in [-0.2, 0) is 13.1 Å². The van der Waals surface area contributed by atoms with Gasteiger partial charge in [-0.1, -0.05) is 72.8 Å². The highest BCUT2D eigenvalue weighted by molar-refractivity contribution is 5.94. The lowest BCUT2D eigenvalue weighted by molar-refractivity contribution is 0.0759. The Morgan fingerprint density at radius 2 is 1.56 bits per heavy atom. The van der Waals surface area contributed by atoms with Crippen LogP contribution < -0.4 is 0 Å². The van der Waals surface area contributed by atoms with E-state index in [9.17, 15) is 4.79 Å². The maximum absolute atomic E-state index is 13.3. The van der Waals surface area contributed by atoms with Crippen LogP contribution in [0.5, 0.6) is 0 Å². The van der Waals surface area contributed by atoms with E-state index in [4.69, 9.17) is 0 Å². The van der Waals surface area contributed by atoms with Crippen LogP contribution in [0.2, 0.25) is 0 Å². The van der Waals surface area contributed by atoms with Crippen LogP contribution in [0.1, 0.15) is 27.2 Å². The molecule has 4 rings (SSSR count). The van der Waals surface area contributed by atoms with Gasteiger partial charge in [-0.25, -0.2) is 0 Å². The van der Waals surface area contributed by atoms with Gasteiger partial charge in [0, 0.05) is 30.5 Å². The van der Waals surface area contributed by atoms with Crippen LogP contribution in [0, 0.1) is 6.92 Å². The molecule has 0 saturated carbocycles. The fourth-order valence-electron chi connectivity index (χ4n) is 3.91. The molecule has 160 valence electrons. The number of hydrogen-bond acceptors (Lipinski definition) is 1. The standard InChI is InChI=1S/C29H28N2O/c1-3-19-31(22-28-14-9-20-30(28)21-27-13-8-7-10-23(27)2)29(32)26-17-15-25(16-18-26)24-11-5-4-6-12-24/h3-18,20H,1,19,21-22H2,2H3. The first-order valence-electron chi connectivity index (χ1n) is 10.9. The molecule has 32 heavy (non-hydrogen) atoms. The monoisotopic (exact) mass is 420 g/mol. The minimum absolute atomic E-state index is 0.00755. The molecule has 3 aromatic carbocycles. The van der Waals surface area contributed by atoms with E-state index in [2.05, 4.69) is 66.7 Å². The van der Waals surface area contributed by atoms with E-state index in [1.807, 2.05) is 53.4 Å². The molecule has 0 fully saturated rings. The Labute approximate surface area is 190 Å². The molecule has 0 radical (unpaired) electrons. The van der Waals surface area contributed by atoms with E-state index in [-0.39, 0.29) is 5.91 Å². The van der Waals surface area contributed by atoms with E-state index in [0.717, 1.165) is 23.4 Å². The van der Waals surface area contributed by atoms with Crippen molar-refractivity contribution in [3.05, 3.63) is 132 Å². The first kappa shape index (κ1) is 21.4. The number of benzene rings is 3. The zero-order valence-electron chi connectivity index (χ0n) is 18.4. The zero-order chi connectivity index (χ0) is 22.3. The third-order valence-electron chi connectivity index (χ3n) is 5.75. The second-order valence-electron chi connectivity index (χ2n) is 7.97. The highest BCUT2D eigenvalue weighted by Crippen LogP contribution is 2.21. The average molecular weight is 421 g/mol. The number of aromatic nitrogens is 1. The molecule has 1 amide bonds. The molecule has 0 aliphatic rings. The summed E-state index contributed by atoms with van der Waals surface area (Å²) in [6, 6.07) is 30.6. The number of amides is 1. The first-order valence-corrected chi connectivity index (χ1v) is 10.9. The van der Waals surface area contributed by atoms with Gasteiger partial charge in [-0.3, -0.25) is 4.79 Å². The Hall–Kier alpha value is -3.85. The summed E-state index contributed by atoms with van der Waals surface area (Å²) in [5.74, 6) is 0.00755.